The third-order valence-corrected chi connectivity index (χ3v) is 2.90. The summed E-state index contributed by atoms with van der Waals surface area (Å²) in [6, 6.07) is 0. The predicted octanol–water partition coefficient (Wildman–Crippen LogP) is 1.48. The zero-order valence-electron chi connectivity index (χ0n) is 5.48. The molecule has 1 heterocycles. The van der Waals surface area contributed by atoms with Crippen molar-refractivity contribution in [1.29, 1.82) is 0 Å². The summed E-state index contributed by atoms with van der Waals surface area (Å²) < 4.78 is 4.98. The average Bonchev–Trinajstić information content (AvgIpc) is 1.79. The maximum absolute atomic E-state index is 10.6. The van der Waals surface area contributed by atoms with Crippen LogP contribution >= 0.6 is 15.9 Å². The van der Waals surface area contributed by atoms with Gasteiger partial charge in [0.2, 0.25) is 0 Å². The van der Waals surface area contributed by atoms with E-state index in [2.05, 4.69) is 15.9 Å². The van der Waals surface area contributed by atoms with Crippen molar-refractivity contribution >= 4 is 21.9 Å². The van der Waals surface area contributed by atoms with Crippen LogP contribution in [0.3, 0.4) is 0 Å². The largest absolute Gasteiger partial charge is 0.458 e. The molecule has 3 heteroatoms. The van der Waals surface area contributed by atoms with E-state index in [0.717, 1.165) is 0 Å². The summed E-state index contributed by atoms with van der Waals surface area (Å²) in [6.07, 6.45) is 0.493. The molecule has 1 atom stereocenters. The molecule has 2 nitrogen and oxygen atoms in total. The summed E-state index contributed by atoms with van der Waals surface area (Å²) in [5.41, 5.74) is -0.308. The minimum atomic E-state index is -0.308. The standard InChI is InChI=1S/C6H9BrO2/c1-6(2)4(7)3-5(8)9-6/h4H,3H2,1-2H3/t4-/m0/s1. The van der Waals surface area contributed by atoms with Crippen molar-refractivity contribution in [3.8, 4) is 0 Å². The monoisotopic (exact) mass is 192 g/mol. The van der Waals surface area contributed by atoms with Crippen LogP contribution in [0.15, 0.2) is 0 Å². The van der Waals surface area contributed by atoms with E-state index in [1.54, 1.807) is 0 Å². The Bertz CT molecular complexity index is 142. The minimum Gasteiger partial charge on any atom is -0.458 e. The Hall–Kier alpha value is -0.0500. The zero-order valence-corrected chi connectivity index (χ0v) is 7.06. The first-order valence-corrected chi connectivity index (χ1v) is 3.80. The molecule has 0 spiro atoms. The number of esters is 1. The van der Waals surface area contributed by atoms with Gasteiger partial charge in [0.1, 0.15) is 5.60 Å². The molecule has 1 aliphatic rings. The number of ether oxygens (including phenoxy) is 1. The van der Waals surface area contributed by atoms with Crippen molar-refractivity contribution in [3.05, 3.63) is 0 Å². The number of cyclic esters (lactones) is 1. The van der Waals surface area contributed by atoms with Gasteiger partial charge in [-0.3, -0.25) is 4.79 Å². The Labute approximate surface area is 62.7 Å². The van der Waals surface area contributed by atoms with Crippen LogP contribution in [0.25, 0.3) is 0 Å². The molecule has 1 rings (SSSR count). The van der Waals surface area contributed by atoms with E-state index in [1.165, 1.54) is 0 Å². The molecule has 52 valence electrons. The normalized spacial score (nSPS) is 32.3. The van der Waals surface area contributed by atoms with Gasteiger partial charge in [-0.25, -0.2) is 0 Å². The fraction of sp³-hybridized carbons (Fsp3) is 0.833. The smallest absolute Gasteiger partial charge is 0.307 e. The molecule has 0 amide bonds. The number of carbonyl (C=O) groups is 1. The molecule has 0 saturated carbocycles. The molecule has 0 aromatic rings. The summed E-state index contributed by atoms with van der Waals surface area (Å²) in [5, 5.41) is 0. The van der Waals surface area contributed by atoms with Crippen LogP contribution in [0.4, 0.5) is 0 Å². The SMILES string of the molecule is CC1(C)OC(=O)C[C@@H]1Br. The third-order valence-electron chi connectivity index (χ3n) is 1.48. The maximum atomic E-state index is 10.6. The van der Waals surface area contributed by atoms with Gasteiger partial charge in [0, 0.05) is 0 Å². The Balaban J connectivity index is 2.69. The summed E-state index contributed by atoms with van der Waals surface area (Å²) in [7, 11) is 0. The number of carbonyl (C=O) groups excluding carboxylic acids is 1. The van der Waals surface area contributed by atoms with Crippen LogP contribution in [-0.4, -0.2) is 16.4 Å². The molecule has 0 aromatic heterocycles. The van der Waals surface area contributed by atoms with Crippen molar-refractivity contribution in [2.45, 2.75) is 30.7 Å². The van der Waals surface area contributed by atoms with Crippen LogP contribution in [0.5, 0.6) is 0 Å². The van der Waals surface area contributed by atoms with Gasteiger partial charge in [-0.05, 0) is 13.8 Å². The van der Waals surface area contributed by atoms with Gasteiger partial charge < -0.3 is 4.74 Å². The molecular weight excluding hydrogens is 184 g/mol. The molecule has 0 N–H and O–H groups in total. The van der Waals surface area contributed by atoms with Crippen molar-refractivity contribution < 1.29 is 9.53 Å². The van der Waals surface area contributed by atoms with Crippen molar-refractivity contribution in [2.75, 3.05) is 0 Å². The molecule has 0 aliphatic carbocycles. The number of hydrogen-bond donors (Lipinski definition) is 0. The van der Waals surface area contributed by atoms with Gasteiger partial charge >= 0.3 is 5.97 Å². The van der Waals surface area contributed by atoms with E-state index in [-0.39, 0.29) is 16.4 Å². The van der Waals surface area contributed by atoms with Crippen LogP contribution < -0.4 is 0 Å². The number of hydrogen-bond acceptors (Lipinski definition) is 2. The van der Waals surface area contributed by atoms with Gasteiger partial charge in [0.05, 0.1) is 11.2 Å². The first-order valence-electron chi connectivity index (χ1n) is 2.88. The summed E-state index contributed by atoms with van der Waals surface area (Å²) >= 11 is 3.35. The maximum Gasteiger partial charge on any atom is 0.307 e. The fourth-order valence-corrected chi connectivity index (χ4v) is 1.15. The second-order valence-electron chi connectivity index (χ2n) is 2.75. The Morgan fingerprint density at radius 2 is 2.33 bits per heavy atom. The highest BCUT2D eigenvalue weighted by Gasteiger charge is 2.39. The van der Waals surface area contributed by atoms with Gasteiger partial charge in [0.25, 0.3) is 0 Å². The molecule has 1 aliphatic heterocycles. The van der Waals surface area contributed by atoms with E-state index < -0.39 is 0 Å². The fourth-order valence-electron chi connectivity index (χ4n) is 0.791. The lowest BCUT2D eigenvalue weighted by Crippen LogP contribution is -2.27. The number of rotatable bonds is 0. The lowest BCUT2D eigenvalue weighted by Gasteiger charge is -2.19. The predicted molar refractivity (Wildman–Crippen MR) is 37.5 cm³/mol. The zero-order chi connectivity index (χ0) is 7.07. The lowest BCUT2D eigenvalue weighted by atomic mass is 10.1. The Morgan fingerprint density at radius 1 is 1.78 bits per heavy atom. The van der Waals surface area contributed by atoms with E-state index in [0.29, 0.717) is 6.42 Å². The van der Waals surface area contributed by atoms with Gasteiger partial charge in [-0.15, -0.1) is 0 Å². The summed E-state index contributed by atoms with van der Waals surface area (Å²) in [6.45, 7) is 3.80. The van der Waals surface area contributed by atoms with Crippen molar-refractivity contribution in [1.82, 2.24) is 0 Å². The summed E-state index contributed by atoms with van der Waals surface area (Å²) in [4.78, 5) is 10.8. The Morgan fingerprint density at radius 3 is 2.44 bits per heavy atom. The highest BCUT2D eigenvalue weighted by atomic mass is 79.9. The van der Waals surface area contributed by atoms with Crippen LogP contribution in [0.2, 0.25) is 0 Å². The van der Waals surface area contributed by atoms with E-state index in [1.807, 2.05) is 13.8 Å². The highest BCUT2D eigenvalue weighted by Crippen LogP contribution is 2.31. The van der Waals surface area contributed by atoms with Gasteiger partial charge in [0.15, 0.2) is 0 Å². The van der Waals surface area contributed by atoms with Crippen molar-refractivity contribution in [3.63, 3.8) is 0 Å². The quantitative estimate of drug-likeness (QED) is 0.430. The first-order chi connectivity index (χ1) is 4.02. The number of halogens is 1. The summed E-state index contributed by atoms with van der Waals surface area (Å²) in [5.74, 6) is -0.109. The second-order valence-corrected chi connectivity index (χ2v) is 3.85. The topological polar surface area (TPSA) is 26.3 Å². The van der Waals surface area contributed by atoms with Crippen LogP contribution in [0.1, 0.15) is 20.3 Å². The molecular formula is C6H9BrO2. The molecule has 0 aromatic carbocycles. The van der Waals surface area contributed by atoms with Gasteiger partial charge in [-0.1, -0.05) is 15.9 Å². The molecule has 0 unspecified atom stereocenters. The van der Waals surface area contributed by atoms with E-state index >= 15 is 0 Å². The molecule has 0 radical (unpaired) electrons. The second kappa shape index (κ2) is 1.97. The number of alkyl halides is 1. The molecule has 1 fully saturated rings. The van der Waals surface area contributed by atoms with E-state index in [4.69, 9.17) is 4.74 Å². The van der Waals surface area contributed by atoms with Crippen LogP contribution in [0, 0.1) is 0 Å². The average molecular weight is 193 g/mol. The van der Waals surface area contributed by atoms with Gasteiger partial charge in [-0.2, -0.15) is 0 Å². The van der Waals surface area contributed by atoms with E-state index in [9.17, 15) is 4.79 Å². The lowest BCUT2D eigenvalue weighted by molar-refractivity contribution is -0.145. The van der Waals surface area contributed by atoms with Crippen molar-refractivity contribution in [2.24, 2.45) is 0 Å². The van der Waals surface area contributed by atoms with Crippen LogP contribution in [-0.2, 0) is 9.53 Å². The Kier molecular flexibility index (Phi) is 1.55. The highest BCUT2D eigenvalue weighted by molar-refractivity contribution is 9.09. The first kappa shape index (κ1) is 7.06. The molecule has 0 bridgehead atoms. The molecule has 9 heavy (non-hydrogen) atoms. The third kappa shape index (κ3) is 1.26. The molecule has 1 saturated heterocycles. The minimum absolute atomic E-state index is 0.109.